The third kappa shape index (κ3) is 3.88. The molecular weight excluding hydrogens is 292 g/mol. The summed E-state index contributed by atoms with van der Waals surface area (Å²) in [5.74, 6) is -1.29. The first-order valence-electron chi connectivity index (χ1n) is 6.11. The highest BCUT2D eigenvalue weighted by molar-refractivity contribution is 7.89. The summed E-state index contributed by atoms with van der Waals surface area (Å²) in [6.07, 6.45) is 0. The van der Waals surface area contributed by atoms with E-state index in [1.54, 1.807) is 0 Å². The fourth-order valence-electron chi connectivity index (χ4n) is 1.76. The zero-order valence-corrected chi connectivity index (χ0v) is 11.8. The Hall–Kier alpha value is -2.22. The molecule has 0 saturated carbocycles. The minimum Gasteiger partial charge on any atom is -0.478 e. The quantitative estimate of drug-likeness (QED) is 0.701. The number of nitrogens with one attached hydrogen (secondary N) is 2. The first-order chi connectivity index (χ1) is 10.0. The van der Waals surface area contributed by atoms with Crippen LogP contribution in [0.25, 0.3) is 0 Å². The minimum absolute atomic E-state index is 0.272. The molecule has 0 aliphatic heterocycles. The first-order valence-corrected chi connectivity index (χ1v) is 7.60. The molecule has 2 rings (SSSR count). The van der Waals surface area contributed by atoms with E-state index in [0.717, 1.165) is 5.56 Å². The molecule has 0 atom stereocenters. The normalized spacial score (nSPS) is 11.2. The highest BCUT2D eigenvalue weighted by Gasteiger charge is 2.21. The van der Waals surface area contributed by atoms with Gasteiger partial charge >= 0.3 is 5.97 Å². The van der Waals surface area contributed by atoms with Gasteiger partial charge in [0.2, 0.25) is 0 Å². The Bertz CT molecular complexity index is 730. The third-order valence-corrected chi connectivity index (χ3v) is 4.10. The van der Waals surface area contributed by atoms with E-state index in [0.29, 0.717) is 0 Å². The van der Waals surface area contributed by atoms with Crippen LogP contribution >= 0.6 is 0 Å². The second kappa shape index (κ2) is 6.49. The van der Waals surface area contributed by atoms with Crippen molar-refractivity contribution in [2.24, 2.45) is 0 Å². The zero-order chi connectivity index (χ0) is 15.3. The van der Waals surface area contributed by atoms with Crippen LogP contribution < -0.4 is 10.3 Å². The van der Waals surface area contributed by atoms with Gasteiger partial charge in [0.25, 0.3) is 10.0 Å². The number of carboxylic acid groups (broad SMARTS) is 1. The molecule has 110 valence electrons. The van der Waals surface area contributed by atoms with E-state index in [9.17, 15) is 13.2 Å². The number of aromatic carboxylic acids is 1. The number of hydrogen-bond donors (Lipinski definition) is 3. The van der Waals surface area contributed by atoms with E-state index in [2.05, 4.69) is 10.3 Å². The van der Waals surface area contributed by atoms with Crippen molar-refractivity contribution in [3.63, 3.8) is 0 Å². The Labute approximate surface area is 122 Å². The Morgan fingerprint density at radius 3 is 2.29 bits per heavy atom. The van der Waals surface area contributed by atoms with Gasteiger partial charge in [-0.15, -0.1) is 4.83 Å². The molecule has 0 heterocycles. The lowest BCUT2D eigenvalue weighted by atomic mass is 10.2. The van der Waals surface area contributed by atoms with E-state index in [1.165, 1.54) is 24.3 Å². The highest BCUT2D eigenvalue weighted by Crippen LogP contribution is 2.14. The van der Waals surface area contributed by atoms with Crippen LogP contribution in [0, 0.1) is 0 Å². The lowest BCUT2D eigenvalue weighted by Crippen LogP contribution is -2.37. The second-order valence-electron chi connectivity index (χ2n) is 4.25. The van der Waals surface area contributed by atoms with Gasteiger partial charge in [-0.05, 0) is 17.7 Å². The molecule has 0 aromatic heterocycles. The molecule has 3 N–H and O–H groups in total. The van der Waals surface area contributed by atoms with Crippen LogP contribution in [-0.4, -0.2) is 19.5 Å². The van der Waals surface area contributed by atoms with Crippen LogP contribution in [0.5, 0.6) is 0 Å². The molecule has 2 aromatic carbocycles. The molecule has 0 spiro atoms. The number of sulfonamides is 1. The van der Waals surface area contributed by atoms with Gasteiger partial charge < -0.3 is 5.11 Å². The number of carboxylic acids is 1. The van der Waals surface area contributed by atoms with E-state index >= 15 is 0 Å². The fraction of sp³-hybridized carbons (Fsp3) is 0.0714. The molecule has 0 fully saturated rings. The highest BCUT2D eigenvalue weighted by atomic mass is 32.2. The molecule has 7 heteroatoms. The molecular formula is C14H14N2O4S. The van der Waals surface area contributed by atoms with Crippen molar-refractivity contribution in [2.45, 2.75) is 11.4 Å². The molecule has 0 amide bonds. The standard InChI is InChI=1S/C14H14N2O4S/c17-14(18)12-8-4-5-9-13(12)21(19,20)16-15-10-11-6-2-1-3-7-11/h1-9,15-16H,10H2,(H,17,18). The molecule has 0 bridgehead atoms. The third-order valence-electron chi connectivity index (χ3n) is 2.75. The molecule has 0 saturated heterocycles. The Balaban J connectivity index is 2.11. The van der Waals surface area contributed by atoms with Crippen molar-refractivity contribution in [3.05, 3.63) is 65.7 Å². The van der Waals surface area contributed by atoms with Gasteiger partial charge in [0, 0.05) is 6.54 Å². The van der Waals surface area contributed by atoms with Gasteiger partial charge in [0.15, 0.2) is 0 Å². The summed E-state index contributed by atoms with van der Waals surface area (Å²) >= 11 is 0. The first kappa shape index (κ1) is 15.2. The van der Waals surface area contributed by atoms with Crippen molar-refractivity contribution >= 4 is 16.0 Å². The van der Waals surface area contributed by atoms with Crippen molar-refractivity contribution in [1.82, 2.24) is 10.3 Å². The average molecular weight is 306 g/mol. The SMILES string of the molecule is O=C(O)c1ccccc1S(=O)(=O)NNCc1ccccc1. The van der Waals surface area contributed by atoms with Gasteiger partial charge in [-0.25, -0.2) is 18.6 Å². The fourth-order valence-corrected chi connectivity index (χ4v) is 2.84. The van der Waals surface area contributed by atoms with Crippen molar-refractivity contribution in [2.75, 3.05) is 0 Å². The lowest BCUT2D eigenvalue weighted by molar-refractivity contribution is 0.0692. The molecule has 21 heavy (non-hydrogen) atoms. The predicted octanol–water partition coefficient (Wildman–Crippen LogP) is 1.37. The molecule has 0 radical (unpaired) electrons. The Morgan fingerprint density at radius 1 is 1.00 bits per heavy atom. The molecule has 6 nitrogen and oxygen atoms in total. The van der Waals surface area contributed by atoms with Gasteiger partial charge in [-0.2, -0.15) is 0 Å². The monoisotopic (exact) mass is 306 g/mol. The van der Waals surface area contributed by atoms with Crippen LogP contribution in [0.15, 0.2) is 59.5 Å². The summed E-state index contributed by atoms with van der Waals surface area (Å²) in [7, 11) is -3.95. The lowest BCUT2D eigenvalue weighted by Gasteiger charge is -2.10. The summed E-state index contributed by atoms with van der Waals surface area (Å²) in [4.78, 5) is 12.9. The number of rotatable bonds is 6. The topological polar surface area (TPSA) is 95.5 Å². The van der Waals surface area contributed by atoms with Crippen LogP contribution in [0.3, 0.4) is 0 Å². The maximum atomic E-state index is 12.1. The van der Waals surface area contributed by atoms with Crippen LogP contribution in [0.4, 0.5) is 0 Å². The smallest absolute Gasteiger partial charge is 0.337 e. The molecule has 0 unspecified atom stereocenters. The average Bonchev–Trinajstić information content (AvgIpc) is 2.48. The molecule has 2 aromatic rings. The number of hydrogen-bond acceptors (Lipinski definition) is 4. The zero-order valence-electron chi connectivity index (χ0n) is 11.0. The molecule has 0 aliphatic rings. The maximum Gasteiger partial charge on any atom is 0.337 e. The minimum atomic E-state index is -3.95. The van der Waals surface area contributed by atoms with E-state index in [4.69, 9.17) is 5.11 Å². The van der Waals surface area contributed by atoms with Crippen molar-refractivity contribution in [1.29, 1.82) is 0 Å². The summed E-state index contributed by atoms with van der Waals surface area (Å²) in [5, 5.41) is 9.02. The van der Waals surface area contributed by atoms with Crippen LogP contribution in [-0.2, 0) is 16.6 Å². The van der Waals surface area contributed by atoms with E-state index < -0.39 is 16.0 Å². The number of benzene rings is 2. The summed E-state index contributed by atoms with van der Waals surface area (Å²) in [6.45, 7) is 0.287. The van der Waals surface area contributed by atoms with Crippen LogP contribution in [0.1, 0.15) is 15.9 Å². The largest absolute Gasteiger partial charge is 0.478 e. The van der Waals surface area contributed by atoms with E-state index in [-0.39, 0.29) is 17.0 Å². The Kier molecular flexibility index (Phi) is 4.69. The summed E-state index contributed by atoms with van der Waals surface area (Å²) < 4.78 is 24.2. The maximum absolute atomic E-state index is 12.1. The van der Waals surface area contributed by atoms with Crippen molar-refractivity contribution in [3.8, 4) is 0 Å². The molecule has 0 aliphatic carbocycles. The van der Waals surface area contributed by atoms with Crippen LogP contribution in [0.2, 0.25) is 0 Å². The van der Waals surface area contributed by atoms with Gasteiger partial charge in [-0.3, -0.25) is 0 Å². The number of carbonyl (C=O) groups is 1. The second-order valence-corrected chi connectivity index (χ2v) is 5.90. The van der Waals surface area contributed by atoms with Gasteiger partial charge in [-0.1, -0.05) is 42.5 Å². The summed E-state index contributed by atoms with van der Waals surface area (Å²) in [5.41, 5.74) is 3.20. The van der Waals surface area contributed by atoms with Crippen molar-refractivity contribution < 1.29 is 18.3 Å². The predicted molar refractivity (Wildman–Crippen MR) is 77.0 cm³/mol. The van der Waals surface area contributed by atoms with Gasteiger partial charge in [0.05, 0.1) is 10.5 Å². The number of hydrazine groups is 1. The van der Waals surface area contributed by atoms with Gasteiger partial charge in [0.1, 0.15) is 0 Å². The van der Waals surface area contributed by atoms with E-state index in [1.807, 2.05) is 30.3 Å². The summed E-state index contributed by atoms with van der Waals surface area (Å²) in [6, 6.07) is 14.6. The Morgan fingerprint density at radius 2 is 1.62 bits per heavy atom.